The van der Waals surface area contributed by atoms with Crippen LogP contribution < -0.4 is 5.32 Å². The first-order valence-corrected chi connectivity index (χ1v) is 10.9. The Morgan fingerprint density at radius 1 is 0.848 bits per heavy atom. The fraction of sp³-hybridized carbons (Fsp3) is 0.240. The molecule has 8 heteroatoms. The molecule has 0 bridgehead atoms. The van der Waals surface area contributed by atoms with E-state index in [1.807, 2.05) is 36.4 Å². The van der Waals surface area contributed by atoms with E-state index in [1.54, 1.807) is 34.1 Å². The summed E-state index contributed by atoms with van der Waals surface area (Å²) in [7, 11) is 0. The summed E-state index contributed by atoms with van der Waals surface area (Å²) in [6, 6.07) is 17.8. The Morgan fingerprint density at radius 2 is 1.48 bits per heavy atom. The van der Waals surface area contributed by atoms with E-state index in [9.17, 15) is 14.4 Å². The number of amides is 3. The lowest BCUT2D eigenvalue weighted by molar-refractivity contribution is -0.134. The highest BCUT2D eigenvalue weighted by Crippen LogP contribution is 2.12. The highest BCUT2D eigenvalue weighted by molar-refractivity contribution is 5.97. The molecule has 1 saturated heterocycles. The zero-order valence-corrected chi connectivity index (χ0v) is 18.1. The molecule has 8 nitrogen and oxygen atoms in total. The molecule has 1 fully saturated rings. The third-order valence-electron chi connectivity index (χ3n) is 5.58. The molecule has 0 aliphatic carbocycles. The van der Waals surface area contributed by atoms with Gasteiger partial charge in [-0.1, -0.05) is 48.5 Å². The van der Waals surface area contributed by atoms with Crippen LogP contribution >= 0.6 is 0 Å². The number of hydrogen-bond acceptors (Lipinski definition) is 5. The minimum absolute atomic E-state index is 0.158. The molecule has 0 radical (unpaired) electrons. The molecule has 1 aromatic heterocycles. The Labute approximate surface area is 192 Å². The van der Waals surface area contributed by atoms with E-state index in [4.69, 9.17) is 0 Å². The molecule has 3 aromatic rings. The van der Waals surface area contributed by atoms with Crippen molar-refractivity contribution in [2.75, 3.05) is 26.2 Å². The molecule has 1 N–H and O–H groups in total. The first-order chi connectivity index (χ1) is 16.1. The van der Waals surface area contributed by atoms with Crippen LogP contribution in [0.4, 0.5) is 0 Å². The van der Waals surface area contributed by atoms with Crippen molar-refractivity contribution in [3.8, 4) is 0 Å². The van der Waals surface area contributed by atoms with Gasteiger partial charge in [0, 0.05) is 50.6 Å². The van der Waals surface area contributed by atoms with Gasteiger partial charge in [0.05, 0.1) is 6.20 Å². The maximum atomic E-state index is 13.4. The van der Waals surface area contributed by atoms with E-state index in [0.29, 0.717) is 38.2 Å². The van der Waals surface area contributed by atoms with Gasteiger partial charge in [-0.15, -0.1) is 0 Å². The van der Waals surface area contributed by atoms with Crippen molar-refractivity contribution in [1.29, 1.82) is 0 Å². The van der Waals surface area contributed by atoms with Crippen LogP contribution in [0.25, 0.3) is 0 Å². The zero-order valence-electron chi connectivity index (χ0n) is 18.1. The first-order valence-electron chi connectivity index (χ1n) is 10.9. The quantitative estimate of drug-likeness (QED) is 0.627. The molecule has 33 heavy (non-hydrogen) atoms. The highest BCUT2D eigenvalue weighted by Gasteiger charge is 2.31. The number of carbonyl (C=O) groups is 3. The zero-order chi connectivity index (χ0) is 23.0. The number of hydrogen-bond donors (Lipinski definition) is 1. The minimum Gasteiger partial charge on any atom is -0.340 e. The molecular formula is C25H25N5O3. The normalized spacial score (nSPS) is 14.4. The Balaban J connectivity index is 1.43. The van der Waals surface area contributed by atoms with Gasteiger partial charge in [0.2, 0.25) is 5.91 Å². The molecule has 168 valence electrons. The van der Waals surface area contributed by atoms with Crippen LogP contribution in [0, 0.1) is 0 Å². The van der Waals surface area contributed by atoms with Crippen LogP contribution in [0.15, 0.2) is 79.3 Å². The van der Waals surface area contributed by atoms with Crippen molar-refractivity contribution in [1.82, 2.24) is 25.1 Å². The van der Waals surface area contributed by atoms with Crippen LogP contribution in [0.2, 0.25) is 0 Å². The van der Waals surface area contributed by atoms with Gasteiger partial charge in [-0.3, -0.25) is 19.4 Å². The lowest BCUT2D eigenvalue weighted by Crippen LogP contribution is -2.56. The average molecular weight is 444 g/mol. The number of piperazine rings is 1. The van der Waals surface area contributed by atoms with E-state index < -0.39 is 6.04 Å². The van der Waals surface area contributed by atoms with E-state index in [2.05, 4.69) is 15.3 Å². The standard InChI is InChI=1S/C25H25N5O3/c31-23(20-9-5-2-6-10-20)28-21(17-19-7-3-1-4-8-19)24(32)29-13-15-30(16-14-29)25(33)22-18-26-11-12-27-22/h1-12,18,21H,13-17H2,(H,28,31). The Kier molecular flexibility index (Phi) is 7.04. The molecule has 1 aliphatic rings. The van der Waals surface area contributed by atoms with Crippen LogP contribution in [0.3, 0.4) is 0 Å². The van der Waals surface area contributed by atoms with Crippen molar-refractivity contribution in [3.05, 3.63) is 96.1 Å². The molecule has 0 spiro atoms. The second kappa shape index (κ2) is 10.5. The SMILES string of the molecule is O=C(NC(Cc1ccccc1)C(=O)N1CCN(C(=O)c2cnccn2)CC1)c1ccccc1. The molecule has 4 rings (SSSR count). The monoisotopic (exact) mass is 443 g/mol. The van der Waals surface area contributed by atoms with Gasteiger partial charge in [0.15, 0.2) is 0 Å². The van der Waals surface area contributed by atoms with Gasteiger partial charge in [-0.25, -0.2) is 4.98 Å². The second-order valence-corrected chi connectivity index (χ2v) is 7.79. The molecule has 0 saturated carbocycles. The topological polar surface area (TPSA) is 95.5 Å². The van der Waals surface area contributed by atoms with Crippen molar-refractivity contribution in [3.63, 3.8) is 0 Å². The fourth-order valence-electron chi connectivity index (χ4n) is 3.80. The molecule has 1 atom stereocenters. The summed E-state index contributed by atoms with van der Waals surface area (Å²) in [5.41, 5.74) is 1.75. The van der Waals surface area contributed by atoms with Gasteiger partial charge in [0.25, 0.3) is 11.8 Å². The predicted octanol–water partition coefficient (Wildman–Crippen LogP) is 1.80. The summed E-state index contributed by atoms with van der Waals surface area (Å²) in [4.78, 5) is 50.2. The molecule has 1 unspecified atom stereocenters. The maximum absolute atomic E-state index is 13.4. The Bertz CT molecular complexity index is 1080. The van der Waals surface area contributed by atoms with Crippen LogP contribution in [0.1, 0.15) is 26.4 Å². The van der Waals surface area contributed by atoms with E-state index in [-0.39, 0.29) is 23.4 Å². The summed E-state index contributed by atoms with van der Waals surface area (Å²) in [6.45, 7) is 1.56. The van der Waals surface area contributed by atoms with Gasteiger partial charge in [-0.2, -0.15) is 0 Å². The van der Waals surface area contributed by atoms with Crippen LogP contribution in [0.5, 0.6) is 0 Å². The predicted molar refractivity (Wildman–Crippen MR) is 122 cm³/mol. The third-order valence-corrected chi connectivity index (χ3v) is 5.58. The second-order valence-electron chi connectivity index (χ2n) is 7.79. The van der Waals surface area contributed by atoms with Crippen LogP contribution in [-0.2, 0) is 11.2 Å². The third kappa shape index (κ3) is 5.60. The minimum atomic E-state index is -0.706. The van der Waals surface area contributed by atoms with Gasteiger partial charge in [0.1, 0.15) is 11.7 Å². The number of aromatic nitrogens is 2. The Hall–Kier alpha value is -4.07. The summed E-state index contributed by atoms with van der Waals surface area (Å²) < 4.78 is 0. The number of rotatable bonds is 6. The summed E-state index contributed by atoms with van der Waals surface area (Å²) >= 11 is 0. The van der Waals surface area contributed by atoms with Crippen molar-refractivity contribution in [2.45, 2.75) is 12.5 Å². The lowest BCUT2D eigenvalue weighted by atomic mass is 10.0. The molecule has 2 heterocycles. The van der Waals surface area contributed by atoms with Crippen molar-refractivity contribution < 1.29 is 14.4 Å². The largest absolute Gasteiger partial charge is 0.340 e. The molecule has 1 aliphatic heterocycles. The summed E-state index contributed by atoms with van der Waals surface area (Å²) in [6.07, 6.45) is 4.83. The molecule has 3 amide bonds. The molecular weight excluding hydrogens is 418 g/mol. The number of benzene rings is 2. The summed E-state index contributed by atoms with van der Waals surface area (Å²) in [5.74, 6) is -0.649. The maximum Gasteiger partial charge on any atom is 0.274 e. The first kappa shape index (κ1) is 22.1. The van der Waals surface area contributed by atoms with Crippen molar-refractivity contribution in [2.24, 2.45) is 0 Å². The van der Waals surface area contributed by atoms with E-state index in [0.717, 1.165) is 5.56 Å². The van der Waals surface area contributed by atoms with Gasteiger partial charge < -0.3 is 15.1 Å². The number of carbonyl (C=O) groups excluding carboxylic acids is 3. The van der Waals surface area contributed by atoms with E-state index in [1.165, 1.54) is 18.6 Å². The van der Waals surface area contributed by atoms with Gasteiger partial charge in [-0.05, 0) is 17.7 Å². The number of nitrogens with zero attached hydrogens (tertiary/aromatic N) is 4. The average Bonchev–Trinajstić information content (AvgIpc) is 2.89. The Morgan fingerprint density at radius 3 is 2.12 bits per heavy atom. The van der Waals surface area contributed by atoms with Gasteiger partial charge >= 0.3 is 0 Å². The lowest BCUT2D eigenvalue weighted by Gasteiger charge is -2.36. The number of nitrogens with one attached hydrogen (secondary N) is 1. The van der Waals surface area contributed by atoms with Crippen LogP contribution in [-0.4, -0.2) is 69.7 Å². The smallest absolute Gasteiger partial charge is 0.274 e. The fourth-order valence-corrected chi connectivity index (χ4v) is 3.80. The highest BCUT2D eigenvalue weighted by atomic mass is 16.2. The summed E-state index contributed by atoms with van der Waals surface area (Å²) in [5, 5.41) is 2.91. The van der Waals surface area contributed by atoms with Crippen molar-refractivity contribution >= 4 is 17.7 Å². The van der Waals surface area contributed by atoms with E-state index >= 15 is 0 Å². The molecule has 2 aromatic carbocycles.